The number of hydrogen-bond donors (Lipinski definition) is 1. The fourth-order valence-electron chi connectivity index (χ4n) is 2.88. The summed E-state index contributed by atoms with van der Waals surface area (Å²) >= 11 is 1.51. The summed E-state index contributed by atoms with van der Waals surface area (Å²) < 4.78 is 0. The summed E-state index contributed by atoms with van der Waals surface area (Å²) in [4.78, 5) is 19.0. The maximum Gasteiger partial charge on any atom is 0.270 e. The van der Waals surface area contributed by atoms with Crippen molar-refractivity contribution < 1.29 is 4.79 Å². The molecule has 1 aromatic heterocycles. The minimum atomic E-state index is -0.0703. The minimum Gasteiger partial charge on any atom is -0.351 e. The predicted molar refractivity (Wildman–Crippen MR) is 90.2 cm³/mol. The quantitative estimate of drug-likeness (QED) is 0.922. The van der Waals surface area contributed by atoms with E-state index < -0.39 is 0 Å². The maximum atomic E-state index is 12.2. The summed E-state index contributed by atoms with van der Waals surface area (Å²) in [6.45, 7) is 1.89. The highest BCUT2D eigenvalue weighted by Crippen LogP contribution is 2.23. The van der Waals surface area contributed by atoms with Gasteiger partial charge in [-0.1, -0.05) is 30.3 Å². The highest BCUT2D eigenvalue weighted by atomic mass is 32.1. The molecule has 0 bridgehead atoms. The summed E-state index contributed by atoms with van der Waals surface area (Å²) in [5.41, 5.74) is 1.57. The molecule has 1 fully saturated rings. The van der Waals surface area contributed by atoms with Gasteiger partial charge in [-0.2, -0.15) is 0 Å². The van der Waals surface area contributed by atoms with Crippen molar-refractivity contribution in [3.8, 4) is 10.6 Å². The van der Waals surface area contributed by atoms with E-state index >= 15 is 0 Å². The molecule has 22 heavy (non-hydrogen) atoms. The fraction of sp³-hybridized carbons (Fsp3) is 0.412. The third kappa shape index (κ3) is 3.54. The molecule has 1 amide bonds. The molecular formula is C17H21N3OS. The molecule has 116 valence electrons. The summed E-state index contributed by atoms with van der Waals surface area (Å²) in [5, 5.41) is 5.71. The number of benzene rings is 1. The number of nitrogens with zero attached hydrogens (tertiary/aromatic N) is 2. The first-order chi connectivity index (χ1) is 10.7. The van der Waals surface area contributed by atoms with Gasteiger partial charge in [0.15, 0.2) is 0 Å². The zero-order valence-corrected chi connectivity index (χ0v) is 13.6. The summed E-state index contributed by atoms with van der Waals surface area (Å²) in [6.07, 6.45) is 3.51. The van der Waals surface area contributed by atoms with Gasteiger partial charge in [-0.3, -0.25) is 4.79 Å². The van der Waals surface area contributed by atoms with Crippen LogP contribution in [-0.4, -0.2) is 42.0 Å². The first kappa shape index (κ1) is 15.2. The van der Waals surface area contributed by atoms with E-state index in [1.54, 1.807) is 0 Å². The Hall–Kier alpha value is -1.72. The molecule has 3 rings (SSSR count). The smallest absolute Gasteiger partial charge is 0.270 e. The molecule has 1 aromatic carbocycles. The van der Waals surface area contributed by atoms with Crippen LogP contribution in [0.15, 0.2) is 35.7 Å². The van der Waals surface area contributed by atoms with Crippen molar-refractivity contribution in [2.75, 3.05) is 20.1 Å². The molecular weight excluding hydrogens is 294 g/mol. The van der Waals surface area contributed by atoms with E-state index in [0.717, 1.165) is 17.0 Å². The Morgan fingerprint density at radius 1 is 1.41 bits per heavy atom. The van der Waals surface area contributed by atoms with Crippen LogP contribution in [0.1, 0.15) is 29.8 Å². The van der Waals surface area contributed by atoms with Crippen LogP contribution >= 0.6 is 11.3 Å². The number of hydrogen-bond acceptors (Lipinski definition) is 4. The van der Waals surface area contributed by atoms with E-state index in [2.05, 4.69) is 22.2 Å². The van der Waals surface area contributed by atoms with Crippen LogP contribution in [0.3, 0.4) is 0 Å². The van der Waals surface area contributed by atoms with Crippen molar-refractivity contribution in [2.45, 2.75) is 25.3 Å². The molecule has 0 saturated carbocycles. The summed E-state index contributed by atoms with van der Waals surface area (Å²) in [6, 6.07) is 10.6. The van der Waals surface area contributed by atoms with Crippen LogP contribution in [-0.2, 0) is 0 Å². The molecule has 1 N–H and O–H groups in total. The van der Waals surface area contributed by atoms with Crippen LogP contribution in [0.2, 0.25) is 0 Å². The van der Waals surface area contributed by atoms with E-state index in [0.29, 0.717) is 18.3 Å². The molecule has 1 unspecified atom stereocenters. The molecule has 1 atom stereocenters. The Kier molecular flexibility index (Phi) is 4.85. The van der Waals surface area contributed by atoms with Gasteiger partial charge >= 0.3 is 0 Å². The lowest BCUT2D eigenvalue weighted by molar-refractivity contribution is 0.0946. The van der Waals surface area contributed by atoms with Gasteiger partial charge in [0.05, 0.1) is 0 Å². The minimum absolute atomic E-state index is 0.0703. The Bertz CT molecular complexity index is 626. The number of carbonyl (C=O) groups excluding carboxylic acids is 1. The van der Waals surface area contributed by atoms with E-state index in [1.165, 1.54) is 30.7 Å². The first-order valence-electron chi connectivity index (χ1n) is 7.73. The van der Waals surface area contributed by atoms with Gasteiger partial charge in [0.2, 0.25) is 0 Å². The van der Waals surface area contributed by atoms with Crippen molar-refractivity contribution in [3.63, 3.8) is 0 Å². The average Bonchev–Trinajstić information content (AvgIpc) is 3.18. The van der Waals surface area contributed by atoms with Crippen molar-refractivity contribution in [3.05, 3.63) is 41.4 Å². The zero-order valence-electron chi connectivity index (χ0n) is 12.8. The fourth-order valence-corrected chi connectivity index (χ4v) is 3.68. The summed E-state index contributed by atoms with van der Waals surface area (Å²) in [5.74, 6) is -0.0703. The normalized spacial score (nSPS) is 18.5. The maximum absolute atomic E-state index is 12.2. The lowest BCUT2D eigenvalue weighted by Crippen LogP contribution is -2.31. The Morgan fingerprint density at radius 2 is 2.23 bits per heavy atom. The molecule has 0 radical (unpaired) electrons. The Labute approximate surface area is 135 Å². The molecule has 1 aliphatic rings. The monoisotopic (exact) mass is 315 g/mol. The lowest BCUT2D eigenvalue weighted by Gasteiger charge is -2.19. The van der Waals surface area contributed by atoms with Crippen LogP contribution in [0.4, 0.5) is 0 Å². The van der Waals surface area contributed by atoms with E-state index in [-0.39, 0.29) is 5.91 Å². The molecule has 0 aliphatic carbocycles. The SMILES string of the molecule is CN1CCCC1CCNC(=O)c1csc(-c2ccccc2)n1. The van der Waals surface area contributed by atoms with Crippen molar-refractivity contribution in [1.29, 1.82) is 0 Å². The number of thiazole rings is 1. The van der Waals surface area contributed by atoms with Gasteiger partial charge in [-0.15, -0.1) is 11.3 Å². The van der Waals surface area contributed by atoms with Crippen LogP contribution < -0.4 is 5.32 Å². The highest BCUT2D eigenvalue weighted by molar-refractivity contribution is 7.13. The number of likely N-dealkylation sites (tertiary alicyclic amines) is 1. The molecule has 1 saturated heterocycles. The number of nitrogens with one attached hydrogen (secondary N) is 1. The van der Waals surface area contributed by atoms with Crippen molar-refractivity contribution in [2.24, 2.45) is 0 Å². The first-order valence-corrected chi connectivity index (χ1v) is 8.61. The molecule has 4 nitrogen and oxygen atoms in total. The number of aromatic nitrogens is 1. The molecule has 1 aliphatic heterocycles. The van der Waals surface area contributed by atoms with E-state index in [9.17, 15) is 4.79 Å². The number of carbonyl (C=O) groups is 1. The van der Waals surface area contributed by atoms with Crippen LogP contribution in [0.25, 0.3) is 10.6 Å². The molecule has 0 spiro atoms. The topological polar surface area (TPSA) is 45.2 Å². The lowest BCUT2D eigenvalue weighted by atomic mass is 10.1. The Morgan fingerprint density at radius 3 is 2.95 bits per heavy atom. The average molecular weight is 315 g/mol. The molecule has 5 heteroatoms. The van der Waals surface area contributed by atoms with Gasteiger partial charge in [-0.05, 0) is 32.9 Å². The van der Waals surface area contributed by atoms with Gasteiger partial charge in [0.1, 0.15) is 10.7 Å². The third-order valence-electron chi connectivity index (χ3n) is 4.19. The summed E-state index contributed by atoms with van der Waals surface area (Å²) in [7, 11) is 2.16. The second-order valence-corrected chi connectivity index (χ2v) is 6.58. The van der Waals surface area contributed by atoms with Crippen molar-refractivity contribution in [1.82, 2.24) is 15.2 Å². The number of rotatable bonds is 5. The number of amides is 1. The standard InChI is InChI=1S/C17H21N3OS/c1-20-11-5-8-14(20)9-10-18-16(21)15-12-22-17(19-15)13-6-3-2-4-7-13/h2-4,6-7,12,14H,5,8-11H2,1H3,(H,18,21). The molecule has 2 aromatic rings. The third-order valence-corrected chi connectivity index (χ3v) is 5.08. The van der Waals surface area contributed by atoms with E-state index in [4.69, 9.17) is 0 Å². The van der Waals surface area contributed by atoms with Crippen LogP contribution in [0, 0.1) is 0 Å². The zero-order chi connectivity index (χ0) is 15.4. The van der Waals surface area contributed by atoms with Crippen LogP contribution in [0.5, 0.6) is 0 Å². The van der Waals surface area contributed by atoms with Gasteiger partial charge in [-0.25, -0.2) is 4.98 Å². The largest absolute Gasteiger partial charge is 0.351 e. The van der Waals surface area contributed by atoms with Gasteiger partial charge in [0.25, 0.3) is 5.91 Å². The van der Waals surface area contributed by atoms with E-state index in [1.807, 2.05) is 35.7 Å². The molecule has 2 heterocycles. The second-order valence-electron chi connectivity index (χ2n) is 5.73. The van der Waals surface area contributed by atoms with Gasteiger partial charge < -0.3 is 10.2 Å². The van der Waals surface area contributed by atoms with Crippen molar-refractivity contribution >= 4 is 17.2 Å². The Balaban J connectivity index is 1.53. The van der Waals surface area contributed by atoms with Gasteiger partial charge in [0, 0.05) is 23.5 Å². The predicted octanol–water partition coefficient (Wildman–Crippen LogP) is 3.02. The second kappa shape index (κ2) is 7.03. The highest BCUT2D eigenvalue weighted by Gasteiger charge is 2.20.